The first kappa shape index (κ1) is 11.0. The van der Waals surface area contributed by atoms with Gasteiger partial charge in [0.25, 0.3) is 0 Å². The molecule has 1 aromatic rings. The third-order valence-corrected chi connectivity index (χ3v) is 2.68. The second-order valence-electron chi connectivity index (χ2n) is 3.04. The van der Waals surface area contributed by atoms with E-state index in [-0.39, 0.29) is 5.76 Å². The fourth-order valence-corrected chi connectivity index (χ4v) is 2.07. The molecule has 1 aromatic heterocycles. The molecular weight excluding hydrogens is 241 g/mol. The van der Waals surface area contributed by atoms with Crippen LogP contribution < -0.4 is 15.6 Å². The smallest absolute Gasteiger partial charge is 0.406 e. The molecule has 1 aliphatic rings. The van der Waals surface area contributed by atoms with Crippen molar-refractivity contribution in [3.8, 4) is 0 Å². The van der Waals surface area contributed by atoms with E-state index in [1.165, 1.54) is 12.2 Å². The number of nitrogens with two attached hydrogens (primary N) is 1. The number of allylic oxidation sites excluding steroid dienone is 2. The van der Waals surface area contributed by atoms with E-state index in [0.717, 1.165) is 11.3 Å². The Morgan fingerprint density at radius 2 is 2.12 bits per heavy atom. The Labute approximate surface area is 92.4 Å². The van der Waals surface area contributed by atoms with E-state index in [1.54, 1.807) is 6.08 Å². The maximum absolute atomic E-state index is 12.0. The van der Waals surface area contributed by atoms with Crippen LogP contribution in [0.2, 0.25) is 0 Å². The summed E-state index contributed by atoms with van der Waals surface area (Å²) >= 11 is 1.12. The van der Waals surface area contributed by atoms with Gasteiger partial charge in [-0.3, -0.25) is 0 Å². The Hall–Kier alpha value is -1.50. The molecule has 0 radical (unpaired) electrons. The Morgan fingerprint density at radius 3 is 2.81 bits per heavy atom. The maximum Gasteiger partial charge on any atom is 0.573 e. The van der Waals surface area contributed by atoms with Crippen molar-refractivity contribution in [3.05, 3.63) is 21.7 Å². The van der Waals surface area contributed by atoms with Gasteiger partial charge < -0.3 is 10.5 Å². The van der Waals surface area contributed by atoms with Gasteiger partial charge in [0.1, 0.15) is 5.76 Å². The van der Waals surface area contributed by atoms with Crippen LogP contribution in [0.1, 0.15) is 6.42 Å². The first-order chi connectivity index (χ1) is 7.44. The number of nitrogens with zero attached hydrogens (tertiary/aromatic N) is 1. The fourth-order valence-electron chi connectivity index (χ4n) is 1.29. The molecule has 16 heavy (non-hydrogen) atoms. The van der Waals surface area contributed by atoms with Crippen molar-refractivity contribution >= 4 is 28.6 Å². The van der Waals surface area contributed by atoms with Gasteiger partial charge in [0.05, 0.1) is 9.88 Å². The highest BCUT2D eigenvalue weighted by Crippen LogP contribution is 2.22. The lowest BCUT2D eigenvalue weighted by molar-refractivity contribution is -0.302. The third-order valence-electron chi connectivity index (χ3n) is 1.83. The van der Waals surface area contributed by atoms with Crippen LogP contribution in [0.15, 0.2) is 11.8 Å². The van der Waals surface area contributed by atoms with Gasteiger partial charge in [-0.25, -0.2) is 4.98 Å². The Bertz CT molecular complexity index is 544. The van der Waals surface area contributed by atoms with E-state index >= 15 is 0 Å². The topological polar surface area (TPSA) is 48.1 Å². The standard InChI is InChI=1S/C9H7F3N2OS/c10-9(11,12)15-5-2-1-3-6-7(4-5)16-8(13)14-6/h2-4H,1H2,(H2,13,14). The summed E-state index contributed by atoms with van der Waals surface area (Å²) in [7, 11) is 0. The second-order valence-corrected chi connectivity index (χ2v) is 4.10. The number of nitrogen functional groups attached to an aromatic ring is 1. The van der Waals surface area contributed by atoms with Gasteiger partial charge in [0.2, 0.25) is 0 Å². The molecule has 86 valence electrons. The molecule has 0 amide bonds. The van der Waals surface area contributed by atoms with Crippen LogP contribution in [-0.4, -0.2) is 11.3 Å². The fraction of sp³-hybridized carbons (Fsp3) is 0.222. The zero-order valence-corrected chi connectivity index (χ0v) is 8.73. The largest absolute Gasteiger partial charge is 0.573 e. The van der Waals surface area contributed by atoms with Gasteiger partial charge >= 0.3 is 6.36 Å². The van der Waals surface area contributed by atoms with Crippen LogP contribution in [0, 0.1) is 0 Å². The van der Waals surface area contributed by atoms with Crippen LogP contribution in [0.3, 0.4) is 0 Å². The Kier molecular flexibility index (Phi) is 2.63. The molecule has 7 heteroatoms. The highest BCUT2D eigenvalue weighted by molar-refractivity contribution is 7.13. The number of thiazole rings is 1. The highest BCUT2D eigenvalue weighted by atomic mass is 32.1. The van der Waals surface area contributed by atoms with Gasteiger partial charge in [-0.2, -0.15) is 0 Å². The molecule has 0 aromatic carbocycles. The van der Waals surface area contributed by atoms with Crippen LogP contribution >= 0.6 is 11.3 Å². The normalized spacial score (nSPS) is 15.3. The average molecular weight is 248 g/mol. The predicted octanol–water partition coefficient (Wildman–Crippen LogP) is 1.11. The molecule has 0 aliphatic heterocycles. The number of hydrogen-bond acceptors (Lipinski definition) is 4. The SMILES string of the molecule is Nc1nc2c(s1)=CC(OC(F)(F)F)=CCC=2. The summed E-state index contributed by atoms with van der Waals surface area (Å²) in [6.07, 6.45) is -0.00891. The van der Waals surface area contributed by atoms with E-state index in [4.69, 9.17) is 5.73 Å². The van der Waals surface area contributed by atoms with Gasteiger partial charge in [0.15, 0.2) is 5.13 Å². The van der Waals surface area contributed by atoms with E-state index in [0.29, 0.717) is 21.4 Å². The molecule has 0 atom stereocenters. The van der Waals surface area contributed by atoms with Gasteiger partial charge in [-0.1, -0.05) is 17.4 Å². The monoisotopic (exact) mass is 248 g/mol. The lowest BCUT2D eigenvalue weighted by Gasteiger charge is -2.08. The van der Waals surface area contributed by atoms with Crippen LogP contribution in [0.4, 0.5) is 18.3 Å². The number of aromatic nitrogens is 1. The number of ether oxygens (including phenoxy) is 1. The summed E-state index contributed by atoms with van der Waals surface area (Å²) in [5, 5.41) is 0.922. The van der Waals surface area contributed by atoms with Crippen molar-refractivity contribution in [2.24, 2.45) is 0 Å². The van der Waals surface area contributed by atoms with E-state index in [1.807, 2.05) is 0 Å². The van der Waals surface area contributed by atoms with Gasteiger partial charge in [0, 0.05) is 0 Å². The average Bonchev–Trinajstić information content (AvgIpc) is 2.34. The quantitative estimate of drug-likeness (QED) is 0.810. The van der Waals surface area contributed by atoms with Crippen molar-refractivity contribution in [2.45, 2.75) is 12.8 Å². The molecule has 3 nitrogen and oxygen atoms in total. The van der Waals surface area contributed by atoms with Crippen molar-refractivity contribution in [2.75, 3.05) is 5.73 Å². The number of hydrogen-bond donors (Lipinski definition) is 1. The molecule has 0 bridgehead atoms. The molecule has 0 spiro atoms. The van der Waals surface area contributed by atoms with Crippen molar-refractivity contribution < 1.29 is 17.9 Å². The molecule has 2 N–H and O–H groups in total. The van der Waals surface area contributed by atoms with Crippen molar-refractivity contribution in [1.29, 1.82) is 0 Å². The van der Waals surface area contributed by atoms with E-state index in [9.17, 15) is 13.2 Å². The summed E-state index contributed by atoms with van der Waals surface area (Å²) in [4.78, 5) is 3.98. The number of alkyl halides is 3. The van der Waals surface area contributed by atoms with Crippen molar-refractivity contribution in [1.82, 2.24) is 4.98 Å². The molecular formula is C9H7F3N2OS. The number of fused-ring (bicyclic) bond motifs is 1. The van der Waals surface area contributed by atoms with E-state index < -0.39 is 6.36 Å². The second kappa shape index (κ2) is 3.82. The molecule has 0 saturated carbocycles. The van der Waals surface area contributed by atoms with Crippen molar-refractivity contribution in [3.63, 3.8) is 0 Å². The lowest BCUT2D eigenvalue weighted by atomic mass is 10.3. The van der Waals surface area contributed by atoms with Crippen LogP contribution in [-0.2, 0) is 4.74 Å². The highest BCUT2D eigenvalue weighted by Gasteiger charge is 2.31. The number of rotatable bonds is 1. The number of halogens is 3. The minimum Gasteiger partial charge on any atom is -0.406 e. The maximum atomic E-state index is 12.0. The first-order valence-corrected chi connectivity index (χ1v) is 5.16. The first-order valence-electron chi connectivity index (χ1n) is 4.34. The minimum absolute atomic E-state index is 0.230. The molecule has 1 heterocycles. The summed E-state index contributed by atoms with van der Waals surface area (Å²) in [5.41, 5.74) is 5.47. The molecule has 0 saturated heterocycles. The van der Waals surface area contributed by atoms with Gasteiger partial charge in [-0.05, 0) is 18.6 Å². The number of anilines is 1. The predicted molar refractivity (Wildman–Crippen MR) is 54.5 cm³/mol. The van der Waals surface area contributed by atoms with Crippen LogP contribution in [0.5, 0.6) is 0 Å². The molecule has 1 aliphatic carbocycles. The Balaban J connectivity index is 2.38. The summed E-state index contributed by atoms with van der Waals surface area (Å²) < 4.78 is 40.5. The Morgan fingerprint density at radius 1 is 1.38 bits per heavy atom. The summed E-state index contributed by atoms with van der Waals surface area (Å²) in [6, 6.07) is 0. The van der Waals surface area contributed by atoms with Gasteiger partial charge in [-0.15, -0.1) is 13.2 Å². The zero-order valence-electron chi connectivity index (χ0n) is 7.91. The summed E-state index contributed by atoms with van der Waals surface area (Å²) in [6.45, 7) is 0. The van der Waals surface area contributed by atoms with E-state index in [2.05, 4.69) is 9.72 Å². The lowest BCUT2D eigenvalue weighted by Crippen LogP contribution is -2.21. The summed E-state index contributed by atoms with van der Waals surface area (Å²) in [5.74, 6) is -0.230. The van der Waals surface area contributed by atoms with Crippen LogP contribution in [0.25, 0.3) is 12.2 Å². The minimum atomic E-state index is -4.68. The molecule has 0 unspecified atom stereocenters. The zero-order chi connectivity index (χ0) is 11.8. The third kappa shape index (κ3) is 2.54. The molecule has 2 rings (SSSR count). The molecule has 0 fully saturated rings.